The summed E-state index contributed by atoms with van der Waals surface area (Å²) in [5.74, 6) is -0.284. The maximum atomic E-state index is 12.1. The molecule has 0 bridgehead atoms. The van der Waals surface area contributed by atoms with E-state index in [9.17, 15) is 18.0 Å². The molecule has 0 saturated carbocycles. The molecule has 0 aromatic carbocycles. The smallest absolute Gasteiger partial charge is 0.310 e. The molecular weight excluding hydrogens is 209 g/mol. The highest BCUT2D eigenvalue weighted by atomic mass is 19.4. The molecular formula is C9H9F3N2O. The van der Waals surface area contributed by atoms with Crippen LogP contribution in [0.25, 0.3) is 0 Å². The Bertz CT molecular complexity index is 436. The molecule has 82 valence electrons. The number of hydrogen-bond donors (Lipinski definition) is 1. The number of aromatic amines is 1. The molecule has 6 heteroatoms. The Balaban J connectivity index is 2.36. The van der Waals surface area contributed by atoms with Gasteiger partial charge in [0.15, 0.2) is 0 Å². The number of aryl methyl sites for hydroxylation is 1. The summed E-state index contributed by atoms with van der Waals surface area (Å²) in [6, 6.07) is 0. The summed E-state index contributed by atoms with van der Waals surface area (Å²) in [5.41, 5.74) is 0.649. The molecule has 0 aliphatic heterocycles. The molecule has 1 aliphatic rings. The molecule has 0 radical (unpaired) electrons. The lowest BCUT2D eigenvalue weighted by atomic mass is 10.2. The number of nitrogens with one attached hydrogen (secondary N) is 1. The fourth-order valence-electron chi connectivity index (χ4n) is 1.77. The van der Waals surface area contributed by atoms with Crippen LogP contribution in [0.1, 0.15) is 23.5 Å². The molecule has 1 N–H and O–H groups in total. The zero-order chi connectivity index (χ0) is 11.1. The van der Waals surface area contributed by atoms with Crippen LogP contribution in [0.15, 0.2) is 4.79 Å². The van der Waals surface area contributed by atoms with Crippen molar-refractivity contribution in [2.24, 2.45) is 0 Å². The predicted octanol–water partition coefficient (Wildman–Crippen LogP) is 1.36. The molecule has 0 unspecified atom stereocenters. The zero-order valence-corrected chi connectivity index (χ0v) is 7.82. The SMILES string of the molecule is O=c1[nH]c(CC(F)(F)F)nc2c1CCC2. The molecule has 1 aromatic rings. The minimum Gasteiger partial charge on any atom is -0.310 e. The summed E-state index contributed by atoms with van der Waals surface area (Å²) in [6.07, 6.45) is -3.49. The molecule has 0 saturated heterocycles. The van der Waals surface area contributed by atoms with Crippen molar-refractivity contribution in [3.8, 4) is 0 Å². The minimum atomic E-state index is -4.33. The second kappa shape index (κ2) is 3.36. The van der Waals surface area contributed by atoms with Crippen molar-refractivity contribution in [3.05, 3.63) is 27.4 Å². The van der Waals surface area contributed by atoms with E-state index in [0.717, 1.165) is 6.42 Å². The topological polar surface area (TPSA) is 45.8 Å². The number of fused-ring (bicyclic) bond motifs is 1. The molecule has 0 fully saturated rings. The third kappa shape index (κ3) is 2.19. The number of alkyl halides is 3. The van der Waals surface area contributed by atoms with Crippen LogP contribution >= 0.6 is 0 Å². The van der Waals surface area contributed by atoms with Gasteiger partial charge in [0.05, 0.1) is 5.69 Å². The van der Waals surface area contributed by atoms with Crippen molar-refractivity contribution in [3.63, 3.8) is 0 Å². The van der Waals surface area contributed by atoms with Crippen molar-refractivity contribution >= 4 is 0 Å². The number of hydrogen-bond acceptors (Lipinski definition) is 2. The van der Waals surface area contributed by atoms with E-state index in [1.54, 1.807) is 0 Å². The van der Waals surface area contributed by atoms with Gasteiger partial charge in [-0.3, -0.25) is 4.79 Å². The molecule has 3 nitrogen and oxygen atoms in total. The van der Waals surface area contributed by atoms with Gasteiger partial charge in [0.2, 0.25) is 0 Å². The lowest BCUT2D eigenvalue weighted by Crippen LogP contribution is -2.21. The van der Waals surface area contributed by atoms with Crippen molar-refractivity contribution < 1.29 is 13.2 Å². The summed E-state index contributed by atoms with van der Waals surface area (Å²) in [4.78, 5) is 17.4. The Morgan fingerprint density at radius 3 is 2.73 bits per heavy atom. The lowest BCUT2D eigenvalue weighted by molar-refractivity contribution is -0.128. The summed E-state index contributed by atoms with van der Waals surface area (Å²) in [5, 5.41) is 0. The Labute approximate surface area is 83.3 Å². The van der Waals surface area contributed by atoms with Gasteiger partial charge in [-0.15, -0.1) is 0 Å². The molecule has 1 heterocycles. The van der Waals surface area contributed by atoms with Crippen molar-refractivity contribution in [2.45, 2.75) is 31.9 Å². The Morgan fingerprint density at radius 1 is 1.33 bits per heavy atom. The van der Waals surface area contributed by atoms with E-state index in [1.165, 1.54) is 0 Å². The second-order valence-corrected chi connectivity index (χ2v) is 3.58. The van der Waals surface area contributed by atoms with Crippen LogP contribution in [-0.2, 0) is 19.3 Å². The molecule has 0 spiro atoms. The minimum absolute atomic E-state index is 0.284. The van der Waals surface area contributed by atoms with Gasteiger partial charge in [-0.2, -0.15) is 13.2 Å². The molecule has 1 aliphatic carbocycles. The van der Waals surface area contributed by atoms with Crippen molar-refractivity contribution in [1.29, 1.82) is 0 Å². The summed E-state index contributed by atoms with van der Waals surface area (Å²) in [7, 11) is 0. The summed E-state index contributed by atoms with van der Waals surface area (Å²) < 4.78 is 36.2. The third-order valence-electron chi connectivity index (χ3n) is 2.36. The van der Waals surface area contributed by atoms with Gasteiger partial charge in [-0.25, -0.2) is 4.98 Å². The fraction of sp³-hybridized carbons (Fsp3) is 0.556. The van der Waals surface area contributed by atoms with Crippen LogP contribution in [0.3, 0.4) is 0 Å². The molecule has 0 amide bonds. The number of rotatable bonds is 1. The fourth-order valence-corrected chi connectivity index (χ4v) is 1.77. The van der Waals surface area contributed by atoms with E-state index >= 15 is 0 Å². The van der Waals surface area contributed by atoms with Gasteiger partial charge < -0.3 is 4.98 Å². The monoisotopic (exact) mass is 218 g/mol. The van der Waals surface area contributed by atoms with E-state index in [1.807, 2.05) is 0 Å². The van der Waals surface area contributed by atoms with Crippen LogP contribution in [0, 0.1) is 0 Å². The van der Waals surface area contributed by atoms with Gasteiger partial charge in [-0.05, 0) is 19.3 Å². The largest absolute Gasteiger partial charge is 0.396 e. The molecule has 1 aromatic heterocycles. The standard InChI is InChI=1S/C9H9F3N2O/c10-9(11,12)4-7-13-6-3-1-2-5(6)8(15)14-7/h1-4H2,(H,13,14,15). The Hall–Kier alpha value is -1.33. The maximum Gasteiger partial charge on any atom is 0.396 e. The Kier molecular flexibility index (Phi) is 2.28. The van der Waals surface area contributed by atoms with Gasteiger partial charge >= 0.3 is 6.18 Å². The van der Waals surface area contributed by atoms with Crippen LogP contribution in [0.4, 0.5) is 13.2 Å². The van der Waals surface area contributed by atoms with Gasteiger partial charge in [0, 0.05) is 5.56 Å². The highest BCUT2D eigenvalue weighted by molar-refractivity contribution is 5.22. The predicted molar refractivity (Wildman–Crippen MR) is 46.6 cm³/mol. The first-order chi connectivity index (χ1) is 6.96. The van der Waals surface area contributed by atoms with Crippen LogP contribution < -0.4 is 5.56 Å². The van der Waals surface area contributed by atoms with Crippen LogP contribution in [0.5, 0.6) is 0 Å². The molecule has 15 heavy (non-hydrogen) atoms. The van der Waals surface area contributed by atoms with E-state index in [4.69, 9.17) is 0 Å². The molecule has 2 rings (SSSR count). The number of nitrogens with zero attached hydrogens (tertiary/aromatic N) is 1. The van der Waals surface area contributed by atoms with E-state index in [0.29, 0.717) is 24.1 Å². The van der Waals surface area contributed by atoms with Crippen LogP contribution in [0.2, 0.25) is 0 Å². The van der Waals surface area contributed by atoms with Gasteiger partial charge in [0.25, 0.3) is 5.56 Å². The normalized spacial score (nSPS) is 15.4. The summed E-state index contributed by atoms with van der Waals surface area (Å²) >= 11 is 0. The molecule has 0 atom stereocenters. The lowest BCUT2D eigenvalue weighted by Gasteiger charge is -2.06. The van der Waals surface area contributed by atoms with E-state index in [-0.39, 0.29) is 5.82 Å². The number of H-pyrrole nitrogens is 1. The first kappa shape index (κ1) is 10.2. The average Bonchev–Trinajstić information content (AvgIpc) is 2.48. The quantitative estimate of drug-likeness (QED) is 0.773. The first-order valence-corrected chi connectivity index (χ1v) is 4.63. The zero-order valence-electron chi connectivity index (χ0n) is 7.82. The van der Waals surface area contributed by atoms with Crippen molar-refractivity contribution in [2.75, 3.05) is 0 Å². The first-order valence-electron chi connectivity index (χ1n) is 4.63. The number of aromatic nitrogens is 2. The summed E-state index contributed by atoms with van der Waals surface area (Å²) in [6.45, 7) is 0. The van der Waals surface area contributed by atoms with Crippen molar-refractivity contribution in [1.82, 2.24) is 9.97 Å². The highest BCUT2D eigenvalue weighted by Gasteiger charge is 2.30. The van der Waals surface area contributed by atoms with E-state index < -0.39 is 18.2 Å². The van der Waals surface area contributed by atoms with Gasteiger partial charge in [0.1, 0.15) is 12.2 Å². The maximum absolute atomic E-state index is 12.1. The van der Waals surface area contributed by atoms with E-state index in [2.05, 4.69) is 9.97 Å². The highest BCUT2D eigenvalue weighted by Crippen LogP contribution is 2.21. The van der Waals surface area contributed by atoms with Crippen LogP contribution in [-0.4, -0.2) is 16.1 Å². The number of halogens is 3. The second-order valence-electron chi connectivity index (χ2n) is 3.58. The Morgan fingerprint density at radius 2 is 2.07 bits per heavy atom. The van der Waals surface area contributed by atoms with Gasteiger partial charge in [-0.1, -0.05) is 0 Å². The third-order valence-corrected chi connectivity index (χ3v) is 2.36. The average molecular weight is 218 g/mol.